The van der Waals surface area contributed by atoms with E-state index in [1.54, 1.807) is 10.8 Å². The first kappa shape index (κ1) is 7.37. The molecule has 2 heterocycles. The topological polar surface area (TPSA) is 56.0 Å². The van der Waals surface area contributed by atoms with Crippen LogP contribution in [0.2, 0.25) is 0 Å². The molecule has 0 N–H and O–H groups in total. The number of fused-ring (bicyclic) bond motifs is 3. The molecule has 1 aromatic carbocycles. The van der Waals surface area contributed by atoms with Gasteiger partial charge < -0.3 is 0 Å². The predicted octanol–water partition coefficient (Wildman–Crippen LogP) is 0.981. The van der Waals surface area contributed by atoms with Gasteiger partial charge >= 0.3 is 0 Å². The van der Waals surface area contributed by atoms with Crippen molar-refractivity contribution in [3.63, 3.8) is 0 Å². The molecule has 14 heavy (non-hydrogen) atoms. The summed E-state index contributed by atoms with van der Waals surface area (Å²) in [5.41, 5.74) is 2.83. The molecule has 2 aromatic heterocycles. The Morgan fingerprint density at radius 2 is 2.21 bits per heavy atom. The molecule has 0 aliphatic heterocycles. The molecule has 0 atom stereocenters. The van der Waals surface area contributed by atoms with Crippen LogP contribution in [-0.2, 0) is 0 Å². The van der Waals surface area contributed by atoms with E-state index in [2.05, 4.69) is 20.5 Å². The Balaban J connectivity index is 2.64. The second kappa shape index (κ2) is 2.47. The standard InChI is InChI=1S/C9H7N5/c1-6-3-2-4-7-8(6)10-5-14-9(7)11-12-13-14/h2-5H,1H3. The summed E-state index contributed by atoms with van der Waals surface area (Å²) in [5, 5.41) is 12.3. The van der Waals surface area contributed by atoms with Gasteiger partial charge in [0.15, 0.2) is 5.65 Å². The van der Waals surface area contributed by atoms with Gasteiger partial charge in [0.05, 0.1) is 5.52 Å². The lowest BCUT2D eigenvalue weighted by atomic mass is 10.1. The smallest absolute Gasteiger partial charge is 0.190 e. The van der Waals surface area contributed by atoms with Crippen molar-refractivity contribution < 1.29 is 0 Å². The van der Waals surface area contributed by atoms with E-state index >= 15 is 0 Å². The van der Waals surface area contributed by atoms with E-state index in [4.69, 9.17) is 0 Å². The first-order chi connectivity index (χ1) is 6.86. The molecule has 0 saturated carbocycles. The largest absolute Gasteiger partial charge is 0.236 e. The van der Waals surface area contributed by atoms with Crippen molar-refractivity contribution in [3.05, 3.63) is 30.1 Å². The molecule has 0 unspecified atom stereocenters. The third-order valence-corrected chi connectivity index (χ3v) is 2.27. The number of aryl methyl sites for hydroxylation is 1. The van der Waals surface area contributed by atoms with Crippen LogP contribution in [0, 0.1) is 6.92 Å². The molecule has 0 spiro atoms. The fourth-order valence-corrected chi connectivity index (χ4v) is 1.57. The number of hydrogen-bond donors (Lipinski definition) is 0. The van der Waals surface area contributed by atoms with Crippen molar-refractivity contribution in [2.24, 2.45) is 0 Å². The van der Waals surface area contributed by atoms with Gasteiger partial charge in [0.25, 0.3) is 0 Å². The summed E-state index contributed by atoms with van der Waals surface area (Å²) < 4.78 is 1.57. The molecule has 68 valence electrons. The summed E-state index contributed by atoms with van der Waals surface area (Å²) in [7, 11) is 0. The summed E-state index contributed by atoms with van der Waals surface area (Å²) in [6, 6.07) is 5.98. The predicted molar refractivity (Wildman–Crippen MR) is 50.8 cm³/mol. The highest BCUT2D eigenvalue weighted by atomic mass is 15.5. The van der Waals surface area contributed by atoms with E-state index < -0.39 is 0 Å². The molecular formula is C9H7N5. The van der Waals surface area contributed by atoms with Gasteiger partial charge in [-0.05, 0) is 29.0 Å². The molecule has 0 aliphatic carbocycles. The zero-order valence-corrected chi connectivity index (χ0v) is 7.55. The van der Waals surface area contributed by atoms with Gasteiger partial charge in [-0.1, -0.05) is 12.1 Å². The van der Waals surface area contributed by atoms with Crippen molar-refractivity contribution in [3.8, 4) is 0 Å². The molecule has 3 rings (SSSR count). The Labute approximate surface area is 79.4 Å². The molecule has 0 aliphatic rings. The maximum atomic E-state index is 4.30. The van der Waals surface area contributed by atoms with E-state index in [0.717, 1.165) is 22.1 Å². The van der Waals surface area contributed by atoms with Crippen LogP contribution < -0.4 is 0 Å². The van der Waals surface area contributed by atoms with Crippen molar-refractivity contribution in [1.29, 1.82) is 0 Å². The van der Waals surface area contributed by atoms with E-state index in [0.29, 0.717) is 0 Å². The fourth-order valence-electron chi connectivity index (χ4n) is 1.57. The molecule has 0 amide bonds. The zero-order chi connectivity index (χ0) is 9.54. The third kappa shape index (κ3) is 0.834. The molecule has 0 bridgehead atoms. The van der Waals surface area contributed by atoms with Gasteiger partial charge in [-0.25, -0.2) is 4.98 Å². The normalized spacial score (nSPS) is 11.2. The van der Waals surface area contributed by atoms with Crippen LogP contribution in [0.15, 0.2) is 24.5 Å². The van der Waals surface area contributed by atoms with Crippen molar-refractivity contribution in [2.75, 3.05) is 0 Å². The van der Waals surface area contributed by atoms with Crippen molar-refractivity contribution in [1.82, 2.24) is 25.0 Å². The van der Waals surface area contributed by atoms with Gasteiger partial charge in [0.1, 0.15) is 6.33 Å². The van der Waals surface area contributed by atoms with Crippen molar-refractivity contribution in [2.45, 2.75) is 6.92 Å². The molecule has 3 aromatic rings. The maximum absolute atomic E-state index is 4.30. The highest BCUT2D eigenvalue weighted by molar-refractivity contribution is 5.92. The highest BCUT2D eigenvalue weighted by Crippen LogP contribution is 2.17. The lowest BCUT2D eigenvalue weighted by molar-refractivity contribution is 0.812. The van der Waals surface area contributed by atoms with Crippen LogP contribution in [0.5, 0.6) is 0 Å². The Morgan fingerprint density at radius 3 is 3.14 bits per heavy atom. The van der Waals surface area contributed by atoms with Crippen LogP contribution in [-0.4, -0.2) is 25.0 Å². The second-order valence-electron chi connectivity index (χ2n) is 3.16. The van der Waals surface area contributed by atoms with Gasteiger partial charge in [0.2, 0.25) is 0 Å². The maximum Gasteiger partial charge on any atom is 0.190 e. The minimum absolute atomic E-state index is 0.749. The SMILES string of the molecule is Cc1cccc2c1ncn1nnnc21. The number of benzene rings is 1. The fraction of sp³-hybridized carbons (Fsp3) is 0.111. The highest BCUT2D eigenvalue weighted by Gasteiger charge is 2.05. The zero-order valence-electron chi connectivity index (χ0n) is 7.55. The Morgan fingerprint density at radius 1 is 1.29 bits per heavy atom. The molecule has 5 heteroatoms. The molecular weight excluding hydrogens is 178 g/mol. The van der Waals surface area contributed by atoms with Crippen LogP contribution in [0.25, 0.3) is 16.6 Å². The van der Waals surface area contributed by atoms with E-state index in [-0.39, 0.29) is 0 Å². The number of hydrogen-bond acceptors (Lipinski definition) is 4. The van der Waals surface area contributed by atoms with Gasteiger partial charge in [-0.2, -0.15) is 4.52 Å². The van der Waals surface area contributed by atoms with Crippen LogP contribution >= 0.6 is 0 Å². The minimum Gasteiger partial charge on any atom is -0.236 e. The minimum atomic E-state index is 0.749. The second-order valence-corrected chi connectivity index (χ2v) is 3.16. The first-order valence-electron chi connectivity index (χ1n) is 4.28. The number of aromatic nitrogens is 5. The Kier molecular flexibility index (Phi) is 1.30. The Hall–Kier alpha value is -2.04. The molecule has 0 fully saturated rings. The monoisotopic (exact) mass is 185 g/mol. The van der Waals surface area contributed by atoms with Gasteiger partial charge in [0, 0.05) is 5.39 Å². The number of para-hydroxylation sites is 1. The van der Waals surface area contributed by atoms with Gasteiger partial charge in [-0.3, -0.25) is 0 Å². The molecule has 0 radical (unpaired) electrons. The third-order valence-electron chi connectivity index (χ3n) is 2.27. The average molecular weight is 185 g/mol. The number of nitrogens with zero attached hydrogens (tertiary/aromatic N) is 5. The average Bonchev–Trinajstić information content (AvgIpc) is 2.66. The number of rotatable bonds is 0. The summed E-state index contributed by atoms with van der Waals surface area (Å²) in [5.74, 6) is 0. The van der Waals surface area contributed by atoms with E-state index in [1.807, 2.05) is 25.1 Å². The summed E-state index contributed by atoms with van der Waals surface area (Å²) in [6.45, 7) is 2.02. The van der Waals surface area contributed by atoms with Crippen LogP contribution in [0.4, 0.5) is 0 Å². The summed E-state index contributed by atoms with van der Waals surface area (Å²) in [6.07, 6.45) is 1.63. The lowest BCUT2D eigenvalue weighted by Crippen LogP contribution is -1.92. The van der Waals surface area contributed by atoms with Crippen LogP contribution in [0.1, 0.15) is 5.56 Å². The van der Waals surface area contributed by atoms with E-state index in [9.17, 15) is 0 Å². The molecule has 0 saturated heterocycles. The van der Waals surface area contributed by atoms with Crippen molar-refractivity contribution >= 4 is 16.6 Å². The number of tetrazole rings is 1. The van der Waals surface area contributed by atoms with Gasteiger partial charge in [-0.15, -0.1) is 5.10 Å². The Bertz CT molecular complexity index is 613. The summed E-state index contributed by atoms with van der Waals surface area (Å²) in [4.78, 5) is 4.30. The molecule has 5 nitrogen and oxygen atoms in total. The van der Waals surface area contributed by atoms with Crippen LogP contribution in [0.3, 0.4) is 0 Å². The van der Waals surface area contributed by atoms with E-state index in [1.165, 1.54) is 0 Å². The quantitative estimate of drug-likeness (QED) is 0.524. The first-order valence-corrected chi connectivity index (χ1v) is 4.28. The lowest BCUT2D eigenvalue weighted by Gasteiger charge is -1.99. The summed E-state index contributed by atoms with van der Waals surface area (Å²) >= 11 is 0.